The van der Waals surface area contributed by atoms with Crippen molar-refractivity contribution in [1.82, 2.24) is 0 Å². The molecule has 1 saturated carbocycles. The number of rotatable bonds is 4. The smallest absolute Gasteiger partial charge is 1.00 e. The van der Waals surface area contributed by atoms with Gasteiger partial charge in [0.2, 0.25) is 0 Å². The van der Waals surface area contributed by atoms with Crippen molar-refractivity contribution in [3.63, 3.8) is 0 Å². The fourth-order valence-corrected chi connectivity index (χ4v) is 6.49. The molecule has 3 aliphatic carbocycles. The molecule has 6 rings (SSSR count). The Kier molecular flexibility index (Phi) is 14.2. The van der Waals surface area contributed by atoms with Crippen LogP contribution in [0.1, 0.15) is 108 Å². The van der Waals surface area contributed by atoms with E-state index in [9.17, 15) is 0 Å². The fourth-order valence-electron chi connectivity index (χ4n) is 6.49. The monoisotopic (exact) mass is 700 g/mol. The van der Waals surface area contributed by atoms with Crippen LogP contribution in [0.3, 0.4) is 0 Å². The molecule has 230 valence electrons. The summed E-state index contributed by atoms with van der Waals surface area (Å²) < 4.78 is 0. The second-order valence-electron chi connectivity index (χ2n) is 14.2. The van der Waals surface area contributed by atoms with Crippen molar-refractivity contribution in [3.05, 3.63) is 128 Å². The molecule has 0 unspecified atom stereocenters. The molecule has 0 saturated heterocycles. The van der Waals surface area contributed by atoms with Crippen LogP contribution in [0.5, 0.6) is 0 Å². The van der Waals surface area contributed by atoms with Gasteiger partial charge in [0.25, 0.3) is 0 Å². The van der Waals surface area contributed by atoms with Crippen molar-refractivity contribution in [1.29, 1.82) is 0 Å². The summed E-state index contributed by atoms with van der Waals surface area (Å²) in [5.74, 6) is 0.893. The van der Waals surface area contributed by atoms with Gasteiger partial charge in [-0.05, 0) is 17.3 Å². The van der Waals surface area contributed by atoms with Crippen LogP contribution in [0.4, 0.5) is 0 Å². The van der Waals surface area contributed by atoms with E-state index in [1.165, 1.54) is 81.2 Å². The molecule has 0 amide bonds. The van der Waals surface area contributed by atoms with Crippen LogP contribution in [0, 0.1) is 22.8 Å². The quantitative estimate of drug-likeness (QED) is 0.287. The topological polar surface area (TPSA) is 0 Å². The average molecular weight is 703 g/mol. The molecule has 0 spiro atoms. The van der Waals surface area contributed by atoms with E-state index in [0.29, 0.717) is 0 Å². The normalized spacial score (nSPS) is 15.3. The van der Waals surface area contributed by atoms with Gasteiger partial charge in [-0.2, -0.15) is 12.3 Å². The van der Waals surface area contributed by atoms with Crippen molar-refractivity contribution in [2.45, 2.75) is 97.3 Å². The molecule has 3 aliphatic rings. The van der Waals surface area contributed by atoms with Crippen LogP contribution in [0.15, 0.2) is 72.8 Å². The van der Waals surface area contributed by atoms with Crippen molar-refractivity contribution >= 4 is 18.2 Å². The van der Waals surface area contributed by atoms with E-state index in [0.717, 1.165) is 24.0 Å². The third-order valence-electron chi connectivity index (χ3n) is 8.95. The number of fused-ring (bicyclic) bond motifs is 2. The largest absolute Gasteiger partial charge is 4.00 e. The van der Waals surface area contributed by atoms with E-state index < -0.39 is 0 Å². The van der Waals surface area contributed by atoms with Crippen LogP contribution < -0.4 is 35.3 Å². The Hall–Kier alpha value is -1.66. The summed E-state index contributed by atoms with van der Waals surface area (Å²) in [4.78, 5) is 0. The minimum Gasteiger partial charge on any atom is -1.00 e. The van der Waals surface area contributed by atoms with Crippen LogP contribution >= 0.6 is 0 Å². The zero-order valence-electron chi connectivity index (χ0n) is 27.5. The standard InChI is InChI=1S/C27H29.C14H19.2ClH.Zr/c1-17-24(27(5,6)7)16-22-21-15-20(26(2,3)4)13-12-19(21)14-23(22)25(17)18-10-8-9-11-18;1-3-7-13(8-4-1)11-12-14-9-5-2-6-10-14;;;/h8-10,12-13,15-16H,1,11H2,2-7H3;1,3-4,7-8,12,14H,2,5-6,9-11H2;2*1H;/q2*-1;;;+4/p-2. The Morgan fingerprint density at radius 2 is 1.52 bits per heavy atom. The van der Waals surface area contributed by atoms with E-state index in [4.69, 9.17) is 0 Å². The Bertz CT molecular complexity index is 1660. The zero-order valence-corrected chi connectivity index (χ0v) is 31.5. The number of benzene rings is 3. The Balaban J connectivity index is 0.000000340. The molecule has 3 heteroatoms. The van der Waals surface area contributed by atoms with Gasteiger partial charge in [0.05, 0.1) is 0 Å². The zero-order chi connectivity index (χ0) is 29.2. The Morgan fingerprint density at radius 3 is 2.11 bits per heavy atom. The molecule has 0 bridgehead atoms. The maximum atomic E-state index is 4.52. The minimum atomic E-state index is 0. The van der Waals surface area contributed by atoms with Crippen LogP contribution in [-0.2, 0) is 43.5 Å². The summed E-state index contributed by atoms with van der Waals surface area (Å²) in [6.45, 7) is 18.2. The molecule has 0 atom stereocenters. The van der Waals surface area contributed by atoms with Crippen LogP contribution in [0.2, 0.25) is 0 Å². The third-order valence-corrected chi connectivity index (χ3v) is 8.95. The second-order valence-corrected chi connectivity index (χ2v) is 14.2. The van der Waals surface area contributed by atoms with Gasteiger partial charge in [-0.15, -0.1) is 33.4 Å². The first-order valence-corrected chi connectivity index (χ1v) is 15.7. The SMILES string of the molecule is C=c1c(C(C)(C)C)cc2c(c1C1=CC=CC1)[C-]=c1ccc(C(C)(C)C)cc1=2.[Cl-].[Cl-].[Zr+4].c1ccc(C[CH-]C2CCCCC2)cc1. The predicted octanol–water partition coefficient (Wildman–Crippen LogP) is 3.36. The van der Waals surface area contributed by atoms with E-state index in [2.05, 4.69) is 133 Å². The molecule has 3 aromatic carbocycles. The van der Waals surface area contributed by atoms with Gasteiger partial charge in [0, 0.05) is 0 Å². The molecular formula is C41H48Cl2Zr. The van der Waals surface area contributed by atoms with Gasteiger partial charge >= 0.3 is 26.2 Å². The first-order chi connectivity index (χ1) is 19.5. The van der Waals surface area contributed by atoms with E-state index in [-0.39, 0.29) is 61.8 Å². The summed E-state index contributed by atoms with van der Waals surface area (Å²) in [5, 5.41) is 5.00. The molecule has 0 aromatic heterocycles. The maximum Gasteiger partial charge on any atom is 4.00 e. The van der Waals surface area contributed by atoms with Crippen molar-refractivity contribution in [2.75, 3.05) is 0 Å². The summed E-state index contributed by atoms with van der Waals surface area (Å²) in [5.41, 5.74) is 8.22. The van der Waals surface area contributed by atoms with Gasteiger partial charge in [-0.25, -0.2) is 0 Å². The minimum absolute atomic E-state index is 0. The summed E-state index contributed by atoms with van der Waals surface area (Å²) in [6, 6.07) is 20.0. The number of hydrogen-bond acceptors (Lipinski definition) is 0. The van der Waals surface area contributed by atoms with Gasteiger partial charge in [-0.1, -0.05) is 180 Å². The molecule has 1 fully saturated rings. The molecule has 3 aromatic rings. The second kappa shape index (κ2) is 16.3. The summed E-state index contributed by atoms with van der Waals surface area (Å²) in [6.07, 6.45) is 22.2. The number of hydrogen-bond donors (Lipinski definition) is 0. The van der Waals surface area contributed by atoms with Crippen molar-refractivity contribution in [2.24, 2.45) is 5.92 Å². The average Bonchev–Trinajstić information content (AvgIpc) is 3.60. The predicted molar refractivity (Wildman–Crippen MR) is 178 cm³/mol. The molecule has 0 N–H and O–H groups in total. The molecule has 0 nitrogen and oxygen atoms in total. The molecule has 0 radical (unpaired) electrons. The van der Waals surface area contributed by atoms with Gasteiger partial charge in [-0.3, -0.25) is 0 Å². The van der Waals surface area contributed by atoms with Gasteiger partial charge < -0.3 is 31.2 Å². The molecule has 44 heavy (non-hydrogen) atoms. The number of allylic oxidation sites excluding steroid dienone is 4. The van der Waals surface area contributed by atoms with Crippen LogP contribution in [-0.4, -0.2) is 0 Å². The molecule has 0 aliphatic heterocycles. The van der Waals surface area contributed by atoms with Crippen molar-refractivity contribution in [3.8, 4) is 0 Å². The fraction of sp³-hybridized carbons (Fsp3) is 0.390. The van der Waals surface area contributed by atoms with E-state index >= 15 is 0 Å². The van der Waals surface area contributed by atoms with Gasteiger partial charge in [0.1, 0.15) is 0 Å². The Labute approximate surface area is 298 Å². The van der Waals surface area contributed by atoms with Crippen LogP contribution in [0.25, 0.3) is 18.2 Å². The van der Waals surface area contributed by atoms with E-state index in [1.807, 2.05) is 0 Å². The van der Waals surface area contributed by atoms with E-state index in [1.54, 1.807) is 0 Å². The number of halogens is 2. The molecule has 0 heterocycles. The third kappa shape index (κ3) is 8.99. The van der Waals surface area contributed by atoms with Gasteiger partial charge in [0.15, 0.2) is 0 Å². The summed E-state index contributed by atoms with van der Waals surface area (Å²) >= 11 is 0. The van der Waals surface area contributed by atoms with Crippen molar-refractivity contribution < 1.29 is 51.0 Å². The molecular weight excluding hydrogens is 655 g/mol. The summed E-state index contributed by atoms with van der Waals surface area (Å²) in [7, 11) is 0. The Morgan fingerprint density at radius 1 is 0.841 bits per heavy atom. The first-order valence-electron chi connectivity index (χ1n) is 15.7. The maximum absolute atomic E-state index is 4.52. The first kappa shape index (κ1) is 38.5.